The molecule has 0 aliphatic carbocycles. The Labute approximate surface area is 93.8 Å². The van der Waals surface area contributed by atoms with Crippen LogP contribution in [0.2, 0.25) is 0 Å². The van der Waals surface area contributed by atoms with Crippen molar-refractivity contribution in [2.24, 2.45) is 0 Å². The Morgan fingerprint density at radius 3 is 2.87 bits per heavy atom. The molecule has 0 saturated carbocycles. The molecule has 0 atom stereocenters. The van der Waals surface area contributed by atoms with E-state index in [1.807, 2.05) is 19.9 Å². The fraction of sp³-hybridized carbons (Fsp3) is 0.500. The summed E-state index contributed by atoms with van der Waals surface area (Å²) in [6.45, 7) is 3.99. The predicted octanol–water partition coefficient (Wildman–Crippen LogP) is 1.54. The van der Waals surface area contributed by atoms with Gasteiger partial charge in [0, 0.05) is 5.75 Å². The quantitative estimate of drug-likeness (QED) is 0.748. The standard InChI is InChI=1S/C10H16N2O2S/c1-7(2)14-10-8(11)3-4-9(12-10)15-6-5-13/h3-4,7,13H,5-6,11H2,1-2H3. The molecular formula is C10H16N2O2S. The highest BCUT2D eigenvalue weighted by Gasteiger charge is 2.06. The monoisotopic (exact) mass is 228 g/mol. The second-order valence-corrected chi connectivity index (χ2v) is 4.40. The summed E-state index contributed by atoms with van der Waals surface area (Å²) in [5, 5.41) is 9.51. The van der Waals surface area contributed by atoms with Crippen LogP contribution in [0.1, 0.15) is 13.8 Å². The van der Waals surface area contributed by atoms with Crippen molar-refractivity contribution >= 4 is 17.4 Å². The zero-order chi connectivity index (χ0) is 11.3. The average molecular weight is 228 g/mol. The zero-order valence-corrected chi connectivity index (χ0v) is 9.75. The van der Waals surface area contributed by atoms with Crippen LogP contribution in [0.15, 0.2) is 17.2 Å². The fourth-order valence-electron chi connectivity index (χ4n) is 0.983. The van der Waals surface area contributed by atoms with Crippen LogP contribution in [0.25, 0.3) is 0 Å². The molecule has 15 heavy (non-hydrogen) atoms. The first kappa shape index (κ1) is 12.1. The lowest BCUT2D eigenvalue weighted by atomic mass is 10.4. The van der Waals surface area contributed by atoms with Gasteiger partial charge in [-0.1, -0.05) is 0 Å². The van der Waals surface area contributed by atoms with Crippen molar-refractivity contribution in [2.75, 3.05) is 18.1 Å². The van der Waals surface area contributed by atoms with Crippen molar-refractivity contribution < 1.29 is 9.84 Å². The highest BCUT2D eigenvalue weighted by molar-refractivity contribution is 7.99. The molecule has 0 amide bonds. The van der Waals surface area contributed by atoms with Gasteiger partial charge in [-0.2, -0.15) is 0 Å². The Kier molecular flexibility index (Phi) is 4.71. The third-order valence-electron chi connectivity index (χ3n) is 1.55. The number of pyridine rings is 1. The Balaban J connectivity index is 2.75. The zero-order valence-electron chi connectivity index (χ0n) is 8.93. The van der Waals surface area contributed by atoms with Gasteiger partial charge in [0.05, 0.1) is 18.4 Å². The Bertz CT molecular complexity index is 318. The molecule has 5 heteroatoms. The highest BCUT2D eigenvalue weighted by atomic mass is 32.2. The summed E-state index contributed by atoms with van der Waals surface area (Å²) in [7, 11) is 0. The summed E-state index contributed by atoms with van der Waals surface area (Å²) >= 11 is 1.47. The van der Waals surface area contributed by atoms with E-state index in [-0.39, 0.29) is 12.7 Å². The third kappa shape index (κ3) is 3.97. The molecule has 0 fully saturated rings. The smallest absolute Gasteiger partial charge is 0.238 e. The number of nitrogen functional groups attached to an aromatic ring is 1. The number of nitrogens with two attached hydrogens (primary N) is 1. The van der Waals surface area contributed by atoms with Crippen molar-refractivity contribution in [2.45, 2.75) is 25.0 Å². The number of nitrogens with zero attached hydrogens (tertiary/aromatic N) is 1. The van der Waals surface area contributed by atoms with E-state index in [1.54, 1.807) is 6.07 Å². The van der Waals surface area contributed by atoms with E-state index < -0.39 is 0 Å². The van der Waals surface area contributed by atoms with Crippen LogP contribution in [-0.4, -0.2) is 28.6 Å². The summed E-state index contributed by atoms with van der Waals surface area (Å²) < 4.78 is 5.45. The molecule has 0 aliphatic heterocycles. The molecule has 84 valence electrons. The number of rotatable bonds is 5. The molecule has 1 aromatic rings. The van der Waals surface area contributed by atoms with Gasteiger partial charge in [-0.05, 0) is 26.0 Å². The minimum absolute atomic E-state index is 0.0536. The van der Waals surface area contributed by atoms with E-state index in [1.165, 1.54) is 11.8 Å². The molecule has 0 unspecified atom stereocenters. The maximum absolute atomic E-state index is 8.69. The Hall–Kier alpha value is -0.940. The molecule has 0 spiro atoms. The predicted molar refractivity (Wildman–Crippen MR) is 62.2 cm³/mol. The molecule has 0 aliphatic rings. The lowest BCUT2D eigenvalue weighted by Gasteiger charge is -2.11. The van der Waals surface area contributed by atoms with Crippen molar-refractivity contribution in [1.82, 2.24) is 4.98 Å². The lowest BCUT2D eigenvalue weighted by Crippen LogP contribution is -2.09. The van der Waals surface area contributed by atoms with E-state index >= 15 is 0 Å². The molecular weight excluding hydrogens is 212 g/mol. The van der Waals surface area contributed by atoms with Crippen LogP contribution in [0.4, 0.5) is 5.69 Å². The Morgan fingerprint density at radius 1 is 1.53 bits per heavy atom. The third-order valence-corrected chi connectivity index (χ3v) is 2.46. The summed E-state index contributed by atoms with van der Waals surface area (Å²) in [4.78, 5) is 4.25. The summed E-state index contributed by atoms with van der Waals surface area (Å²) in [5.41, 5.74) is 6.26. The summed E-state index contributed by atoms with van der Waals surface area (Å²) in [6, 6.07) is 3.59. The minimum atomic E-state index is 0.0536. The number of aliphatic hydroxyl groups is 1. The van der Waals surface area contributed by atoms with Crippen LogP contribution in [0, 0.1) is 0 Å². The van der Waals surface area contributed by atoms with Gasteiger partial charge < -0.3 is 15.6 Å². The maximum atomic E-state index is 8.69. The molecule has 4 nitrogen and oxygen atoms in total. The van der Waals surface area contributed by atoms with Crippen LogP contribution >= 0.6 is 11.8 Å². The number of ether oxygens (including phenoxy) is 1. The minimum Gasteiger partial charge on any atom is -0.473 e. The average Bonchev–Trinajstić information content (AvgIpc) is 2.18. The van der Waals surface area contributed by atoms with Crippen molar-refractivity contribution in [1.29, 1.82) is 0 Å². The molecule has 3 N–H and O–H groups in total. The number of aliphatic hydroxyl groups excluding tert-OH is 1. The number of anilines is 1. The van der Waals surface area contributed by atoms with Gasteiger partial charge in [0.2, 0.25) is 5.88 Å². The van der Waals surface area contributed by atoms with Crippen molar-refractivity contribution in [3.63, 3.8) is 0 Å². The summed E-state index contributed by atoms with van der Waals surface area (Å²) in [5.74, 6) is 1.09. The van der Waals surface area contributed by atoms with E-state index in [0.717, 1.165) is 5.03 Å². The second-order valence-electron chi connectivity index (χ2n) is 3.28. The number of hydrogen-bond donors (Lipinski definition) is 2. The lowest BCUT2D eigenvalue weighted by molar-refractivity contribution is 0.232. The largest absolute Gasteiger partial charge is 0.473 e. The first-order chi connectivity index (χ1) is 7.13. The number of thioether (sulfide) groups is 1. The normalized spacial score (nSPS) is 10.7. The topological polar surface area (TPSA) is 68.4 Å². The molecule has 1 rings (SSSR count). The fourth-order valence-corrected chi connectivity index (χ4v) is 1.59. The first-order valence-corrected chi connectivity index (χ1v) is 5.79. The van der Waals surface area contributed by atoms with Gasteiger partial charge >= 0.3 is 0 Å². The van der Waals surface area contributed by atoms with Crippen molar-refractivity contribution in [3.8, 4) is 5.88 Å². The van der Waals surface area contributed by atoms with Crippen LogP contribution < -0.4 is 10.5 Å². The molecule has 0 bridgehead atoms. The molecule has 0 saturated heterocycles. The molecule has 1 aromatic heterocycles. The van der Waals surface area contributed by atoms with E-state index in [2.05, 4.69) is 4.98 Å². The molecule has 0 radical (unpaired) electrons. The molecule has 0 aromatic carbocycles. The van der Waals surface area contributed by atoms with Gasteiger partial charge in [-0.25, -0.2) is 4.98 Å². The van der Waals surface area contributed by atoms with Crippen LogP contribution in [0.3, 0.4) is 0 Å². The van der Waals surface area contributed by atoms with Crippen LogP contribution in [0.5, 0.6) is 5.88 Å². The molecule has 1 heterocycles. The number of aromatic nitrogens is 1. The highest BCUT2D eigenvalue weighted by Crippen LogP contribution is 2.24. The van der Waals surface area contributed by atoms with Gasteiger partial charge in [0.15, 0.2) is 0 Å². The second kappa shape index (κ2) is 5.82. The van der Waals surface area contributed by atoms with Gasteiger partial charge in [0.25, 0.3) is 0 Å². The maximum Gasteiger partial charge on any atom is 0.238 e. The van der Waals surface area contributed by atoms with Gasteiger partial charge in [-0.3, -0.25) is 0 Å². The van der Waals surface area contributed by atoms with Gasteiger partial charge in [-0.15, -0.1) is 11.8 Å². The SMILES string of the molecule is CC(C)Oc1nc(SCCO)ccc1N. The first-order valence-electron chi connectivity index (χ1n) is 4.80. The van der Waals surface area contributed by atoms with E-state index in [4.69, 9.17) is 15.6 Å². The van der Waals surface area contributed by atoms with E-state index in [0.29, 0.717) is 17.3 Å². The van der Waals surface area contributed by atoms with Gasteiger partial charge in [0.1, 0.15) is 5.03 Å². The van der Waals surface area contributed by atoms with E-state index in [9.17, 15) is 0 Å². The van der Waals surface area contributed by atoms with Crippen molar-refractivity contribution in [3.05, 3.63) is 12.1 Å². The number of hydrogen-bond acceptors (Lipinski definition) is 5. The van der Waals surface area contributed by atoms with Crippen LogP contribution in [-0.2, 0) is 0 Å². The Morgan fingerprint density at radius 2 is 2.27 bits per heavy atom. The summed E-state index contributed by atoms with van der Waals surface area (Å²) in [6.07, 6.45) is 0.0536.